The van der Waals surface area contributed by atoms with Gasteiger partial charge in [-0.15, -0.1) is 0 Å². The number of Topliss-reactive ketones (excluding diaryl/α,β-unsaturated/α-hetero) is 2. The molecular formula is C38H45NO4. The fraction of sp³-hybridized carbons (Fsp3) is 0.368. The lowest BCUT2D eigenvalue weighted by Gasteiger charge is -2.29. The third-order valence-electron chi connectivity index (χ3n) is 7.63. The van der Waals surface area contributed by atoms with E-state index in [2.05, 4.69) is 62.4 Å². The summed E-state index contributed by atoms with van der Waals surface area (Å²) in [7, 11) is 0. The van der Waals surface area contributed by atoms with Gasteiger partial charge in [0.05, 0.1) is 0 Å². The van der Waals surface area contributed by atoms with E-state index in [1.807, 2.05) is 46.8 Å². The first-order valence-electron chi connectivity index (χ1n) is 15.1. The molecule has 43 heavy (non-hydrogen) atoms. The molecule has 0 saturated heterocycles. The molecule has 0 spiro atoms. The van der Waals surface area contributed by atoms with Gasteiger partial charge in [-0.2, -0.15) is 0 Å². The number of benzene rings is 3. The largest absolute Gasteiger partial charge is 0.294 e. The molecule has 2 amide bonds. The minimum absolute atomic E-state index is 0.0479. The number of imide groups is 1. The highest BCUT2D eigenvalue weighted by Gasteiger charge is 2.33. The van der Waals surface area contributed by atoms with Crippen molar-refractivity contribution in [1.29, 1.82) is 0 Å². The van der Waals surface area contributed by atoms with E-state index in [1.165, 1.54) is 39.3 Å². The Morgan fingerprint density at radius 3 is 1.33 bits per heavy atom. The number of carbonyl (C=O) groups is 4. The fourth-order valence-corrected chi connectivity index (χ4v) is 5.03. The van der Waals surface area contributed by atoms with E-state index in [-0.39, 0.29) is 35.2 Å². The van der Waals surface area contributed by atoms with Crippen molar-refractivity contribution < 1.29 is 19.2 Å². The van der Waals surface area contributed by atoms with Gasteiger partial charge in [0.15, 0.2) is 11.6 Å². The van der Waals surface area contributed by atoms with Gasteiger partial charge in [-0.3, -0.25) is 24.1 Å². The molecule has 0 aliphatic carbocycles. The lowest BCUT2D eigenvalue weighted by molar-refractivity contribution is -0.142. The SMILES string of the molecule is CC(C)(C)N1C(=O)C=CC1=O.Cc1ccc(CCC(CCc2ccc(C)cc2)C(=O)c2ccc(C(=O)C(C)C)cc2)cc1. The molecule has 4 rings (SSSR count). The Morgan fingerprint density at radius 1 is 0.628 bits per heavy atom. The van der Waals surface area contributed by atoms with E-state index >= 15 is 0 Å². The second-order valence-corrected chi connectivity index (χ2v) is 12.7. The normalized spacial score (nSPS) is 13.0. The first-order chi connectivity index (χ1) is 20.3. The van der Waals surface area contributed by atoms with Crippen LogP contribution in [0.3, 0.4) is 0 Å². The molecule has 0 atom stereocenters. The van der Waals surface area contributed by atoms with E-state index in [0.717, 1.165) is 25.7 Å². The minimum atomic E-state index is -0.405. The molecule has 3 aromatic carbocycles. The zero-order valence-electron chi connectivity index (χ0n) is 26.6. The van der Waals surface area contributed by atoms with Crippen molar-refractivity contribution in [2.45, 2.75) is 79.7 Å². The number of hydrogen-bond donors (Lipinski definition) is 0. The molecule has 0 fully saturated rings. The first kappa shape index (κ1) is 33.4. The third-order valence-corrected chi connectivity index (χ3v) is 7.63. The lowest BCUT2D eigenvalue weighted by atomic mass is 9.86. The van der Waals surface area contributed by atoms with Gasteiger partial charge in [-0.1, -0.05) is 97.8 Å². The number of hydrogen-bond acceptors (Lipinski definition) is 4. The maximum absolute atomic E-state index is 13.4. The predicted octanol–water partition coefficient (Wildman–Crippen LogP) is 7.92. The van der Waals surface area contributed by atoms with Crippen LogP contribution in [-0.4, -0.2) is 33.8 Å². The van der Waals surface area contributed by atoms with Crippen molar-refractivity contribution in [2.24, 2.45) is 11.8 Å². The zero-order valence-corrected chi connectivity index (χ0v) is 26.6. The molecule has 226 valence electrons. The Balaban J connectivity index is 0.000000386. The van der Waals surface area contributed by atoms with Gasteiger partial charge >= 0.3 is 0 Å². The number of rotatable bonds is 10. The molecular weight excluding hydrogens is 534 g/mol. The molecule has 1 aliphatic rings. The second-order valence-electron chi connectivity index (χ2n) is 12.7. The molecule has 0 unspecified atom stereocenters. The highest BCUT2D eigenvalue weighted by Crippen LogP contribution is 2.23. The molecule has 0 bridgehead atoms. The quantitative estimate of drug-likeness (QED) is 0.181. The molecule has 5 nitrogen and oxygen atoms in total. The maximum atomic E-state index is 13.4. The summed E-state index contributed by atoms with van der Waals surface area (Å²) < 4.78 is 0. The standard InChI is InChI=1S/C30H34O2.C8H11NO2/c1-21(2)29(31)26-17-19-28(20-18-26)30(32)27(15-13-24-9-5-22(3)6-10-24)16-14-25-11-7-23(4)8-12-25;1-8(2,3)9-6(10)4-5-7(9)11/h5-12,17-21,27H,13-16H2,1-4H3;4-5H,1-3H3. The van der Waals surface area contributed by atoms with Gasteiger partial charge in [0.1, 0.15) is 0 Å². The van der Waals surface area contributed by atoms with Crippen molar-refractivity contribution in [3.05, 3.63) is 118 Å². The van der Waals surface area contributed by atoms with Crippen LogP contribution in [0.1, 0.15) is 90.4 Å². The summed E-state index contributed by atoms with van der Waals surface area (Å²) in [6, 6.07) is 24.4. The summed E-state index contributed by atoms with van der Waals surface area (Å²) in [6.07, 6.45) is 6.00. The topological polar surface area (TPSA) is 71.5 Å². The van der Waals surface area contributed by atoms with Crippen LogP contribution >= 0.6 is 0 Å². The average molecular weight is 580 g/mol. The first-order valence-corrected chi connectivity index (χ1v) is 15.1. The summed E-state index contributed by atoms with van der Waals surface area (Å²) >= 11 is 0. The van der Waals surface area contributed by atoms with Gasteiger partial charge in [0, 0.05) is 40.7 Å². The summed E-state index contributed by atoms with van der Waals surface area (Å²) in [6.45, 7) is 13.5. The number of carbonyl (C=O) groups excluding carboxylic acids is 4. The number of aryl methyl sites for hydroxylation is 4. The highest BCUT2D eigenvalue weighted by atomic mass is 16.2. The van der Waals surface area contributed by atoms with Crippen molar-refractivity contribution in [3.63, 3.8) is 0 Å². The third kappa shape index (κ3) is 9.71. The minimum Gasteiger partial charge on any atom is -0.294 e. The zero-order chi connectivity index (χ0) is 31.7. The summed E-state index contributed by atoms with van der Waals surface area (Å²) in [5.41, 5.74) is 5.99. The van der Waals surface area contributed by atoms with Crippen molar-refractivity contribution in [2.75, 3.05) is 0 Å². The van der Waals surface area contributed by atoms with E-state index in [1.54, 1.807) is 12.1 Å². The van der Waals surface area contributed by atoms with Gasteiger partial charge in [-0.25, -0.2) is 0 Å². The van der Waals surface area contributed by atoms with Crippen LogP contribution in [-0.2, 0) is 22.4 Å². The molecule has 0 N–H and O–H groups in total. The Labute approximate surface area is 257 Å². The van der Waals surface area contributed by atoms with E-state index in [4.69, 9.17) is 0 Å². The van der Waals surface area contributed by atoms with Crippen LogP contribution in [0.15, 0.2) is 84.9 Å². The summed E-state index contributed by atoms with van der Waals surface area (Å²) in [4.78, 5) is 49.0. The van der Waals surface area contributed by atoms with Crippen molar-refractivity contribution >= 4 is 23.4 Å². The molecule has 3 aromatic rings. The fourth-order valence-electron chi connectivity index (χ4n) is 5.03. The van der Waals surface area contributed by atoms with Crippen LogP contribution < -0.4 is 0 Å². The van der Waals surface area contributed by atoms with Crippen molar-refractivity contribution in [1.82, 2.24) is 4.90 Å². The van der Waals surface area contributed by atoms with Gasteiger partial charge in [-0.05, 0) is 71.4 Å². The van der Waals surface area contributed by atoms with Gasteiger partial charge in [0.2, 0.25) is 0 Å². The molecule has 0 aromatic heterocycles. The van der Waals surface area contributed by atoms with E-state index in [0.29, 0.717) is 11.1 Å². The summed E-state index contributed by atoms with van der Waals surface area (Å²) in [5, 5.41) is 0. The van der Waals surface area contributed by atoms with Crippen LogP contribution in [0.5, 0.6) is 0 Å². The maximum Gasteiger partial charge on any atom is 0.254 e. The Bertz CT molecular complexity index is 1370. The molecule has 0 radical (unpaired) electrons. The number of nitrogens with zero attached hydrogens (tertiary/aromatic N) is 1. The van der Waals surface area contributed by atoms with Gasteiger partial charge < -0.3 is 0 Å². The number of ketones is 2. The lowest BCUT2D eigenvalue weighted by Crippen LogP contribution is -2.45. The van der Waals surface area contributed by atoms with Gasteiger partial charge in [0.25, 0.3) is 11.8 Å². The van der Waals surface area contributed by atoms with Crippen molar-refractivity contribution in [3.8, 4) is 0 Å². The smallest absolute Gasteiger partial charge is 0.254 e. The van der Waals surface area contributed by atoms with Crippen LogP contribution in [0, 0.1) is 25.7 Å². The second kappa shape index (κ2) is 14.9. The van der Waals surface area contributed by atoms with E-state index in [9.17, 15) is 19.2 Å². The summed E-state index contributed by atoms with van der Waals surface area (Å²) in [5.74, 6) is -0.255. The molecule has 0 saturated carbocycles. The Hall–Kier alpha value is -4.12. The van der Waals surface area contributed by atoms with Crippen LogP contribution in [0.2, 0.25) is 0 Å². The number of amides is 2. The average Bonchev–Trinajstić information content (AvgIpc) is 3.32. The predicted molar refractivity (Wildman–Crippen MR) is 173 cm³/mol. The molecule has 5 heteroatoms. The Morgan fingerprint density at radius 2 is 1.00 bits per heavy atom. The van der Waals surface area contributed by atoms with E-state index < -0.39 is 5.54 Å². The van der Waals surface area contributed by atoms with Crippen LogP contribution in [0.4, 0.5) is 0 Å². The highest BCUT2D eigenvalue weighted by molar-refractivity contribution is 6.13. The van der Waals surface area contributed by atoms with Crippen LogP contribution in [0.25, 0.3) is 0 Å². The monoisotopic (exact) mass is 579 g/mol. The molecule has 1 heterocycles. The Kier molecular flexibility index (Phi) is 11.5. The molecule has 1 aliphatic heterocycles.